The van der Waals surface area contributed by atoms with E-state index in [0.717, 1.165) is 161 Å². The molecule has 6 heterocycles. The number of aromatic nitrogens is 6. The molecule has 3 aromatic heterocycles. The van der Waals surface area contributed by atoms with Crippen LogP contribution in [0.25, 0.3) is 43.8 Å². The van der Waals surface area contributed by atoms with Gasteiger partial charge in [0.25, 0.3) is 0 Å². The van der Waals surface area contributed by atoms with E-state index in [2.05, 4.69) is 197 Å². The number of carbonyl (C=O) groups is 1. The number of amides is 1. The second kappa shape index (κ2) is 33.6. The lowest BCUT2D eigenvalue weighted by Gasteiger charge is -2.34. The molecule has 18 nitrogen and oxygen atoms in total. The fourth-order valence-electron chi connectivity index (χ4n) is 10.2. The van der Waals surface area contributed by atoms with Crippen molar-refractivity contribution in [1.82, 2.24) is 44.6 Å². The van der Waals surface area contributed by atoms with Crippen LogP contribution in [0.2, 0.25) is 5.28 Å². The van der Waals surface area contributed by atoms with E-state index in [9.17, 15) is 4.79 Å². The zero-order valence-corrected chi connectivity index (χ0v) is 55.9. The van der Waals surface area contributed by atoms with E-state index in [1.165, 1.54) is 23.1 Å². The number of unbranched alkanes of at least 4 members (excludes halogenated alkanes) is 1. The number of nitrogens with one attached hydrogen (secondary N) is 3. The molecule has 0 saturated carbocycles. The fourth-order valence-corrected chi connectivity index (χ4v) is 11.3. The quantitative estimate of drug-likeness (QED) is 0.0440. The molecule has 472 valence electrons. The number of anilines is 9. The van der Waals surface area contributed by atoms with E-state index in [1.807, 2.05) is 103 Å². The molecule has 91 heavy (non-hydrogen) atoms. The standard InChI is InChI=1S/C28H28N6O.C19H20BrN5.C11H17N3.C8H4BrClN2.C4H10O/c1-3-26(35)30-23-8-4-6-20(18-23)25-9-5-7-21-19-29-28(32-27(21)25)31-22-10-12-24(13-11-22)34-16-14-33(2)15-17-34;1-24-9-11-25(12-10-24)16-7-5-15(6-8-16)22-19-21-13-14-3-2-4-17(20)18(14)23-19;1-13-6-8-14(9-7-13)11-4-2-10(12)3-5-11;9-6-3-1-2-5-4-11-8(10)12-7(5)6;1-2-3-4-5/h3-13,18-19H,1,14-17H2,2H3,(H,30,35)(H,29,31,32);2-8,13H,9-12H2,1H3,(H,21,22,23);2-5H,6-9,12H2,1H3;1-4H;5H,2-4H2,1H3. The number of rotatable bonds is 12. The molecular formula is C70H79Br2ClN16O2. The zero-order chi connectivity index (χ0) is 64.1. The number of likely N-dealkylation sites (N-methyl/N-ethyl adjacent to an activating group) is 3. The summed E-state index contributed by atoms with van der Waals surface area (Å²) in [6, 6.07) is 50.5. The van der Waals surface area contributed by atoms with Crippen molar-refractivity contribution in [1.29, 1.82) is 0 Å². The third kappa shape index (κ3) is 19.6. The smallest absolute Gasteiger partial charge is 0.247 e. The molecule has 3 aliphatic rings. The van der Waals surface area contributed by atoms with Gasteiger partial charge in [0.1, 0.15) is 0 Å². The van der Waals surface area contributed by atoms with E-state index in [4.69, 9.17) is 27.4 Å². The molecule has 0 radical (unpaired) electrons. The van der Waals surface area contributed by atoms with E-state index in [-0.39, 0.29) is 11.2 Å². The Morgan fingerprint density at radius 2 is 0.967 bits per heavy atom. The van der Waals surface area contributed by atoms with Gasteiger partial charge in [-0.25, -0.2) is 29.9 Å². The Morgan fingerprint density at radius 3 is 1.42 bits per heavy atom. The summed E-state index contributed by atoms with van der Waals surface area (Å²) in [4.78, 5) is 52.4. The molecule has 1 amide bonds. The van der Waals surface area contributed by atoms with Crippen LogP contribution in [-0.4, -0.2) is 162 Å². The van der Waals surface area contributed by atoms with Crippen LogP contribution in [0.4, 0.5) is 51.7 Å². The average molecular weight is 1370 g/mol. The number of nitrogen functional groups attached to an aromatic ring is 1. The predicted octanol–water partition coefficient (Wildman–Crippen LogP) is 13.6. The van der Waals surface area contributed by atoms with E-state index in [0.29, 0.717) is 24.2 Å². The Balaban J connectivity index is 0.000000151. The number of benzene rings is 7. The summed E-state index contributed by atoms with van der Waals surface area (Å²) >= 11 is 12.6. The van der Waals surface area contributed by atoms with Crippen molar-refractivity contribution in [3.05, 3.63) is 197 Å². The first-order valence-electron chi connectivity index (χ1n) is 30.5. The largest absolute Gasteiger partial charge is 0.399 e. The van der Waals surface area contributed by atoms with Gasteiger partial charge < -0.3 is 56.2 Å². The molecule has 0 bridgehead atoms. The molecule has 0 unspecified atom stereocenters. The minimum atomic E-state index is -0.243. The number of hydrogen-bond donors (Lipinski definition) is 5. The molecular weight excluding hydrogens is 1290 g/mol. The number of halogens is 3. The molecule has 6 N–H and O–H groups in total. The molecule has 13 rings (SSSR count). The van der Waals surface area contributed by atoms with Crippen LogP contribution in [0.15, 0.2) is 192 Å². The Labute approximate surface area is 555 Å². The number of aliphatic hydroxyl groups excluding tert-OH is 1. The van der Waals surface area contributed by atoms with Crippen LogP contribution in [0.3, 0.4) is 0 Å². The van der Waals surface area contributed by atoms with E-state index in [1.54, 1.807) is 6.20 Å². The van der Waals surface area contributed by atoms with Gasteiger partial charge in [-0.15, -0.1) is 0 Å². The maximum atomic E-state index is 11.7. The molecule has 0 spiro atoms. The van der Waals surface area contributed by atoms with Gasteiger partial charge in [-0.2, -0.15) is 0 Å². The molecule has 3 aliphatic heterocycles. The summed E-state index contributed by atoms with van der Waals surface area (Å²) in [7, 11) is 6.50. The highest BCUT2D eigenvalue weighted by Gasteiger charge is 2.18. The number of piperazine rings is 3. The zero-order valence-electron chi connectivity index (χ0n) is 52.0. The van der Waals surface area contributed by atoms with Gasteiger partial charge in [0.15, 0.2) is 0 Å². The summed E-state index contributed by atoms with van der Waals surface area (Å²) in [6.45, 7) is 19.0. The van der Waals surface area contributed by atoms with Gasteiger partial charge in [0.2, 0.25) is 23.1 Å². The summed E-state index contributed by atoms with van der Waals surface area (Å²) in [5.41, 5.74) is 17.4. The van der Waals surface area contributed by atoms with Crippen molar-refractivity contribution in [2.45, 2.75) is 19.8 Å². The number of fused-ring (bicyclic) bond motifs is 3. The summed E-state index contributed by atoms with van der Waals surface area (Å²) in [5.74, 6) is 0.896. The van der Waals surface area contributed by atoms with Gasteiger partial charge in [0, 0.05) is 174 Å². The maximum absolute atomic E-state index is 11.7. The minimum absolute atomic E-state index is 0.243. The van der Waals surface area contributed by atoms with Crippen molar-refractivity contribution in [3.63, 3.8) is 0 Å². The van der Waals surface area contributed by atoms with Gasteiger partial charge in [0.05, 0.1) is 16.6 Å². The molecule has 0 atom stereocenters. The fraction of sp³-hybridized carbons (Fsp3) is 0.271. The first-order chi connectivity index (χ1) is 44.2. The first-order valence-corrected chi connectivity index (χ1v) is 32.5. The Hall–Kier alpha value is -8.34. The predicted molar refractivity (Wildman–Crippen MR) is 385 cm³/mol. The number of hydrogen-bond acceptors (Lipinski definition) is 17. The van der Waals surface area contributed by atoms with Crippen LogP contribution in [0.5, 0.6) is 0 Å². The average Bonchev–Trinajstić information content (AvgIpc) is 1.88. The highest BCUT2D eigenvalue weighted by atomic mass is 79.9. The third-order valence-electron chi connectivity index (χ3n) is 15.6. The molecule has 10 aromatic rings. The highest BCUT2D eigenvalue weighted by Crippen LogP contribution is 2.31. The van der Waals surface area contributed by atoms with E-state index < -0.39 is 0 Å². The van der Waals surface area contributed by atoms with Gasteiger partial charge in [-0.05, 0) is 180 Å². The highest BCUT2D eigenvalue weighted by molar-refractivity contribution is 9.11. The Morgan fingerprint density at radius 1 is 0.549 bits per heavy atom. The molecule has 3 fully saturated rings. The van der Waals surface area contributed by atoms with Crippen LogP contribution in [0.1, 0.15) is 19.8 Å². The number of nitrogens with zero attached hydrogens (tertiary/aromatic N) is 12. The molecule has 7 aromatic carbocycles. The van der Waals surface area contributed by atoms with E-state index >= 15 is 0 Å². The van der Waals surface area contributed by atoms with Crippen LogP contribution >= 0.6 is 43.5 Å². The van der Waals surface area contributed by atoms with Crippen LogP contribution < -0.4 is 36.4 Å². The number of carbonyl (C=O) groups excluding carboxylic acids is 1. The van der Waals surface area contributed by atoms with Crippen molar-refractivity contribution in [2.75, 3.05) is 143 Å². The molecule has 0 aliphatic carbocycles. The topological polar surface area (TPSA) is 196 Å². The number of para-hydroxylation sites is 3. The summed E-state index contributed by atoms with van der Waals surface area (Å²) < 4.78 is 1.91. The molecule has 21 heteroatoms. The number of aliphatic hydroxyl groups is 1. The Kier molecular flexibility index (Phi) is 24.8. The number of nitrogens with two attached hydrogens (primary N) is 1. The molecule has 3 saturated heterocycles. The van der Waals surface area contributed by atoms with Gasteiger partial charge in [-0.1, -0.05) is 74.5 Å². The van der Waals surface area contributed by atoms with Crippen molar-refractivity contribution in [3.8, 4) is 11.1 Å². The normalized spacial score (nSPS) is 14.4. The lowest BCUT2D eigenvalue weighted by molar-refractivity contribution is -0.111. The van der Waals surface area contributed by atoms with Gasteiger partial charge in [-0.3, -0.25) is 4.79 Å². The summed E-state index contributed by atoms with van der Waals surface area (Å²) in [6.07, 6.45) is 8.67. The lowest BCUT2D eigenvalue weighted by atomic mass is 10.0. The van der Waals surface area contributed by atoms with Crippen LogP contribution in [-0.2, 0) is 4.79 Å². The second-order valence-corrected chi connectivity index (χ2v) is 24.3. The van der Waals surface area contributed by atoms with Crippen LogP contribution in [0, 0.1) is 0 Å². The monoisotopic (exact) mass is 1370 g/mol. The van der Waals surface area contributed by atoms with Crippen molar-refractivity contribution < 1.29 is 9.90 Å². The minimum Gasteiger partial charge on any atom is -0.399 e. The lowest BCUT2D eigenvalue weighted by Crippen LogP contribution is -2.44. The summed E-state index contributed by atoms with van der Waals surface area (Å²) in [5, 5.41) is 20.7. The van der Waals surface area contributed by atoms with Crippen molar-refractivity contribution in [2.24, 2.45) is 0 Å². The van der Waals surface area contributed by atoms with Crippen molar-refractivity contribution >= 4 is 134 Å². The van der Waals surface area contributed by atoms with Gasteiger partial charge >= 0.3 is 0 Å². The second-order valence-electron chi connectivity index (χ2n) is 22.3. The third-order valence-corrected chi connectivity index (χ3v) is 17.1. The Bertz CT molecular complexity index is 3960. The first kappa shape index (κ1) is 67.1. The SMILES string of the molecule is C=CC(=O)Nc1cccc(-c2cccc3cnc(Nc4ccc(N5CCN(C)CC5)cc4)nc23)c1.CCCCO.CN1CCN(c2ccc(N)cc2)CC1.CN1CCN(c2ccc(Nc3ncc4cccc(Br)c4n3)cc2)CC1.Clc1ncc2cccc(Br)c2n1. The maximum Gasteiger partial charge on any atom is 0.247 e.